The molecule has 1 aliphatic heterocycles. The predicted octanol–water partition coefficient (Wildman–Crippen LogP) is 4.61. The lowest BCUT2D eigenvalue weighted by atomic mass is 9.96. The third kappa shape index (κ3) is 6.08. The zero-order valence-electron chi connectivity index (χ0n) is 16.1. The van der Waals surface area contributed by atoms with E-state index < -0.39 is 0 Å². The molecule has 2 aromatic rings. The zero-order valence-corrected chi connectivity index (χ0v) is 16.8. The highest BCUT2D eigenvalue weighted by Gasteiger charge is 2.25. The van der Waals surface area contributed by atoms with E-state index in [1.54, 1.807) is 0 Å². The van der Waals surface area contributed by atoms with E-state index in [4.69, 9.17) is 11.6 Å². The van der Waals surface area contributed by atoms with Crippen LogP contribution in [0.5, 0.6) is 0 Å². The van der Waals surface area contributed by atoms with Crippen LogP contribution >= 0.6 is 11.6 Å². The Morgan fingerprint density at radius 1 is 1.19 bits per heavy atom. The lowest BCUT2D eigenvalue weighted by Gasteiger charge is -2.32. The van der Waals surface area contributed by atoms with E-state index in [-0.39, 0.29) is 11.8 Å². The van der Waals surface area contributed by atoms with Gasteiger partial charge in [-0.15, -0.1) is 0 Å². The van der Waals surface area contributed by atoms with Crippen molar-refractivity contribution in [3.63, 3.8) is 0 Å². The average Bonchev–Trinajstić information content (AvgIpc) is 2.68. The Labute approximate surface area is 167 Å². The summed E-state index contributed by atoms with van der Waals surface area (Å²) in [4.78, 5) is 14.9. The molecule has 1 unspecified atom stereocenters. The number of carbonyl (C=O) groups is 1. The van der Waals surface area contributed by atoms with Gasteiger partial charge in [0.1, 0.15) is 0 Å². The van der Waals surface area contributed by atoms with Gasteiger partial charge >= 0.3 is 0 Å². The Bertz CT molecular complexity index is 744. The van der Waals surface area contributed by atoms with Gasteiger partial charge in [-0.3, -0.25) is 9.69 Å². The molecule has 1 amide bonds. The molecule has 2 aromatic carbocycles. The molecule has 0 aromatic heterocycles. The van der Waals surface area contributed by atoms with Crippen molar-refractivity contribution < 1.29 is 4.79 Å². The van der Waals surface area contributed by atoms with Crippen LogP contribution in [0.2, 0.25) is 5.02 Å². The van der Waals surface area contributed by atoms with Gasteiger partial charge in [-0.05, 0) is 56.3 Å². The number of hydrogen-bond acceptors (Lipinski definition) is 2. The normalized spacial score (nSPS) is 17.6. The topological polar surface area (TPSA) is 32.3 Å². The van der Waals surface area contributed by atoms with Crippen molar-refractivity contribution >= 4 is 17.5 Å². The van der Waals surface area contributed by atoms with Crippen LogP contribution in [0, 0.1) is 12.8 Å². The molecular weight excluding hydrogens is 356 g/mol. The molecule has 0 saturated carbocycles. The van der Waals surface area contributed by atoms with Crippen LogP contribution in [0.25, 0.3) is 0 Å². The zero-order chi connectivity index (χ0) is 19.1. The van der Waals surface area contributed by atoms with E-state index in [0.29, 0.717) is 0 Å². The van der Waals surface area contributed by atoms with E-state index in [1.807, 2.05) is 18.2 Å². The third-order valence-corrected chi connectivity index (χ3v) is 5.66. The van der Waals surface area contributed by atoms with Crippen molar-refractivity contribution in [3.8, 4) is 0 Å². The summed E-state index contributed by atoms with van der Waals surface area (Å²) in [6.07, 6.45) is 4.02. The second kappa shape index (κ2) is 9.91. The van der Waals surface area contributed by atoms with Gasteiger partial charge in [0.25, 0.3) is 0 Å². The maximum absolute atomic E-state index is 12.6. The van der Waals surface area contributed by atoms with Crippen LogP contribution in [-0.2, 0) is 17.8 Å². The molecule has 144 valence electrons. The highest BCUT2D eigenvalue weighted by Crippen LogP contribution is 2.22. The fourth-order valence-electron chi connectivity index (χ4n) is 3.68. The standard InChI is InChI=1S/C23H29ClN2O/c1-18-10-12-19(13-11-18)6-4-14-25-23(27)21-8-5-15-26(17-21)16-20-7-2-3-9-22(20)24/h2-3,7,9-13,21H,4-6,8,14-17H2,1H3,(H,25,27). The first kappa shape index (κ1) is 19.9. The number of halogens is 1. The Kier molecular flexibility index (Phi) is 7.31. The average molecular weight is 385 g/mol. The SMILES string of the molecule is Cc1ccc(CCCNC(=O)C2CCCN(Cc3ccccc3Cl)C2)cc1. The van der Waals surface area contributed by atoms with Crippen molar-refractivity contribution in [1.29, 1.82) is 0 Å². The largest absolute Gasteiger partial charge is 0.356 e. The second-order valence-corrected chi connectivity index (χ2v) is 7.95. The van der Waals surface area contributed by atoms with Crippen molar-refractivity contribution in [2.45, 2.75) is 39.2 Å². The summed E-state index contributed by atoms with van der Waals surface area (Å²) in [5.74, 6) is 0.281. The Morgan fingerprint density at radius 3 is 2.74 bits per heavy atom. The van der Waals surface area contributed by atoms with Crippen LogP contribution in [0.3, 0.4) is 0 Å². The molecule has 4 heteroatoms. The summed E-state index contributed by atoms with van der Waals surface area (Å²) in [6.45, 7) is 5.51. The van der Waals surface area contributed by atoms with Gasteiger partial charge in [0.05, 0.1) is 5.92 Å². The first-order chi connectivity index (χ1) is 13.1. The van der Waals surface area contributed by atoms with Gasteiger partial charge in [0, 0.05) is 24.7 Å². The highest BCUT2D eigenvalue weighted by molar-refractivity contribution is 6.31. The minimum atomic E-state index is 0.0839. The molecule has 0 aliphatic carbocycles. The highest BCUT2D eigenvalue weighted by atomic mass is 35.5. The summed E-state index contributed by atoms with van der Waals surface area (Å²) in [5.41, 5.74) is 3.75. The van der Waals surface area contributed by atoms with Crippen LogP contribution < -0.4 is 5.32 Å². The van der Waals surface area contributed by atoms with Crippen molar-refractivity contribution in [3.05, 3.63) is 70.2 Å². The first-order valence-electron chi connectivity index (χ1n) is 9.91. The van der Waals surface area contributed by atoms with E-state index in [2.05, 4.69) is 47.5 Å². The van der Waals surface area contributed by atoms with Crippen molar-refractivity contribution in [2.75, 3.05) is 19.6 Å². The van der Waals surface area contributed by atoms with Crippen LogP contribution in [0.1, 0.15) is 36.0 Å². The first-order valence-corrected chi connectivity index (χ1v) is 10.3. The summed E-state index contributed by atoms with van der Waals surface area (Å²) in [6, 6.07) is 16.6. The Morgan fingerprint density at radius 2 is 1.96 bits per heavy atom. The summed E-state index contributed by atoms with van der Waals surface area (Å²) in [5, 5.41) is 3.94. The molecule has 3 rings (SSSR count). The molecule has 1 aliphatic rings. The number of aryl methyl sites for hydroxylation is 2. The Hall–Kier alpha value is -1.84. The number of hydrogen-bond donors (Lipinski definition) is 1. The molecule has 1 fully saturated rings. The molecule has 0 radical (unpaired) electrons. The quantitative estimate of drug-likeness (QED) is 0.707. The monoisotopic (exact) mass is 384 g/mol. The van der Waals surface area contributed by atoms with Crippen LogP contribution in [0.15, 0.2) is 48.5 Å². The lowest BCUT2D eigenvalue weighted by Crippen LogP contribution is -2.43. The number of likely N-dealkylation sites (tertiary alicyclic amines) is 1. The molecule has 3 nitrogen and oxygen atoms in total. The summed E-state index contributed by atoms with van der Waals surface area (Å²) >= 11 is 6.28. The van der Waals surface area contributed by atoms with Gasteiger partial charge in [-0.2, -0.15) is 0 Å². The summed E-state index contributed by atoms with van der Waals surface area (Å²) < 4.78 is 0. The van der Waals surface area contributed by atoms with Gasteiger partial charge in [-0.1, -0.05) is 59.6 Å². The minimum absolute atomic E-state index is 0.0839. The van der Waals surface area contributed by atoms with E-state index in [1.165, 1.54) is 11.1 Å². The molecule has 1 heterocycles. The smallest absolute Gasteiger partial charge is 0.224 e. The number of amides is 1. The number of nitrogens with one attached hydrogen (secondary N) is 1. The molecule has 1 atom stereocenters. The molecule has 27 heavy (non-hydrogen) atoms. The lowest BCUT2D eigenvalue weighted by molar-refractivity contribution is -0.126. The predicted molar refractivity (Wildman–Crippen MR) is 112 cm³/mol. The maximum Gasteiger partial charge on any atom is 0.224 e. The number of benzene rings is 2. The number of nitrogens with zero attached hydrogens (tertiary/aromatic N) is 1. The number of rotatable bonds is 7. The maximum atomic E-state index is 12.6. The van der Waals surface area contributed by atoms with E-state index in [0.717, 1.165) is 62.4 Å². The van der Waals surface area contributed by atoms with Crippen LogP contribution in [-0.4, -0.2) is 30.4 Å². The van der Waals surface area contributed by atoms with Crippen molar-refractivity contribution in [1.82, 2.24) is 10.2 Å². The Balaban J connectivity index is 1.41. The fourth-order valence-corrected chi connectivity index (χ4v) is 3.88. The van der Waals surface area contributed by atoms with Gasteiger partial charge in [0.2, 0.25) is 5.91 Å². The van der Waals surface area contributed by atoms with E-state index >= 15 is 0 Å². The molecular formula is C23H29ClN2O. The third-order valence-electron chi connectivity index (χ3n) is 5.29. The number of carbonyl (C=O) groups excluding carboxylic acids is 1. The number of piperidine rings is 1. The van der Waals surface area contributed by atoms with Gasteiger partial charge < -0.3 is 5.32 Å². The van der Waals surface area contributed by atoms with Crippen LogP contribution in [0.4, 0.5) is 0 Å². The van der Waals surface area contributed by atoms with Crippen molar-refractivity contribution in [2.24, 2.45) is 5.92 Å². The molecule has 0 bridgehead atoms. The molecule has 0 spiro atoms. The molecule has 1 saturated heterocycles. The van der Waals surface area contributed by atoms with Gasteiger partial charge in [0.15, 0.2) is 0 Å². The van der Waals surface area contributed by atoms with Gasteiger partial charge in [-0.25, -0.2) is 0 Å². The fraction of sp³-hybridized carbons (Fsp3) is 0.435. The second-order valence-electron chi connectivity index (χ2n) is 7.55. The van der Waals surface area contributed by atoms with E-state index in [9.17, 15) is 4.79 Å². The minimum Gasteiger partial charge on any atom is -0.356 e. The molecule has 1 N–H and O–H groups in total. The summed E-state index contributed by atoms with van der Waals surface area (Å²) in [7, 11) is 0.